The van der Waals surface area contributed by atoms with Gasteiger partial charge in [0.25, 0.3) is 0 Å². The molecular weight excluding hydrogens is 404 g/mol. The molecule has 1 amide bonds. The molecule has 0 unspecified atom stereocenters. The molecule has 0 radical (unpaired) electrons. The molecule has 0 aromatic heterocycles. The van der Waals surface area contributed by atoms with Crippen molar-refractivity contribution >= 4 is 27.5 Å². The molecule has 2 N–H and O–H groups in total. The van der Waals surface area contributed by atoms with Crippen molar-refractivity contribution in [3.63, 3.8) is 0 Å². The van der Waals surface area contributed by atoms with E-state index in [0.29, 0.717) is 29.7 Å². The summed E-state index contributed by atoms with van der Waals surface area (Å²) >= 11 is 6.24. The molecule has 0 aliphatic carbocycles. The smallest absolute Gasteiger partial charge is 0.241 e. The first-order valence-electron chi connectivity index (χ1n) is 8.80. The monoisotopic (exact) mass is 424 g/mol. The fourth-order valence-electron chi connectivity index (χ4n) is 2.68. The minimum Gasteiger partial charge on any atom is -0.489 e. The van der Waals surface area contributed by atoms with E-state index in [1.54, 1.807) is 30.3 Å². The van der Waals surface area contributed by atoms with Crippen LogP contribution >= 0.6 is 11.6 Å². The van der Waals surface area contributed by atoms with E-state index < -0.39 is 22.0 Å². The molecular formula is C19H21ClN2O5S. The topological polar surface area (TPSA) is 93.7 Å². The third-order valence-electron chi connectivity index (χ3n) is 4.11. The van der Waals surface area contributed by atoms with Crippen LogP contribution in [-0.2, 0) is 21.4 Å². The van der Waals surface area contributed by atoms with E-state index in [-0.39, 0.29) is 11.4 Å². The van der Waals surface area contributed by atoms with Gasteiger partial charge >= 0.3 is 0 Å². The maximum Gasteiger partial charge on any atom is 0.241 e. The molecule has 0 bridgehead atoms. The highest BCUT2D eigenvalue weighted by Gasteiger charge is 2.22. The van der Waals surface area contributed by atoms with Gasteiger partial charge in [0.15, 0.2) is 11.5 Å². The maximum atomic E-state index is 12.3. The van der Waals surface area contributed by atoms with E-state index in [4.69, 9.17) is 21.1 Å². The normalized spacial score (nSPS) is 14.8. The van der Waals surface area contributed by atoms with Crippen molar-refractivity contribution in [1.82, 2.24) is 10.0 Å². The Kier molecular flexibility index (Phi) is 6.43. The zero-order valence-electron chi connectivity index (χ0n) is 15.3. The summed E-state index contributed by atoms with van der Waals surface area (Å²) < 4.78 is 38.2. The van der Waals surface area contributed by atoms with Gasteiger partial charge in [0.1, 0.15) is 0 Å². The number of hydrogen-bond donors (Lipinski definition) is 2. The Morgan fingerprint density at radius 1 is 1.18 bits per heavy atom. The van der Waals surface area contributed by atoms with E-state index in [0.717, 1.165) is 12.0 Å². The van der Waals surface area contributed by atoms with Gasteiger partial charge in [-0.3, -0.25) is 4.79 Å². The van der Waals surface area contributed by atoms with Crippen LogP contribution in [0, 0.1) is 0 Å². The number of benzene rings is 2. The minimum atomic E-state index is -3.78. The van der Waals surface area contributed by atoms with Gasteiger partial charge in [-0.2, -0.15) is 4.72 Å². The predicted octanol–water partition coefficient (Wildman–Crippen LogP) is 2.48. The van der Waals surface area contributed by atoms with Crippen LogP contribution in [0.5, 0.6) is 11.5 Å². The van der Waals surface area contributed by atoms with Gasteiger partial charge in [0, 0.05) is 13.0 Å². The van der Waals surface area contributed by atoms with Crippen molar-refractivity contribution in [2.75, 3.05) is 13.2 Å². The summed E-state index contributed by atoms with van der Waals surface area (Å²) in [4.78, 5) is 12.4. The second kappa shape index (κ2) is 8.81. The molecule has 28 heavy (non-hydrogen) atoms. The first-order chi connectivity index (χ1) is 13.4. The lowest BCUT2D eigenvalue weighted by molar-refractivity contribution is -0.122. The Balaban J connectivity index is 1.62. The molecule has 2 aromatic carbocycles. The van der Waals surface area contributed by atoms with Gasteiger partial charge in [0.2, 0.25) is 15.9 Å². The number of carbonyl (C=O) groups excluding carboxylic acids is 1. The van der Waals surface area contributed by atoms with Gasteiger partial charge in [0.05, 0.1) is 29.2 Å². The Morgan fingerprint density at radius 2 is 1.89 bits per heavy atom. The van der Waals surface area contributed by atoms with Crippen LogP contribution in [-0.4, -0.2) is 33.6 Å². The predicted molar refractivity (Wildman–Crippen MR) is 105 cm³/mol. The summed E-state index contributed by atoms with van der Waals surface area (Å²) in [5.74, 6) is 0.577. The Hall–Kier alpha value is -2.29. The van der Waals surface area contributed by atoms with Crippen LogP contribution in [0.2, 0.25) is 5.02 Å². The van der Waals surface area contributed by atoms with Gasteiger partial charge < -0.3 is 14.8 Å². The quantitative estimate of drug-likeness (QED) is 0.743. The fourth-order valence-corrected chi connectivity index (χ4v) is 4.19. The lowest BCUT2D eigenvalue weighted by Gasteiger charge is -2.15. The van der Waals surface area contributed by atoms with Gasteiger partial charge in [-0.25, -0.2) is 8.42 Å². The summed E-state index contributed by atoms with van der Waals surface area (Å²) in [6, 6.07) is 10.4. The van der Waals surface area contributed by atoms with Crippen LogP contribution < -0.4 is 19.5 Å². The molecule has 0 saturated carbocycles. The highest BCUT2D eigenvalue weighted by atomic mass is 35.5. The Morgan fingerprint density at radius 3 is 2.64 bits per heavy atom. The highest BCUT2D eigenvalue weighted by Crippen LogP contribution is 2.37. The minimum absolute atomic E-state index is 0.101. The number of amides is 1. The van der Waals surface area contributed by atoms with Crippen molar-refractivity contribution in [3.05, 3.63) is 53.1 Å². The molecule has 0 fully saturated rings. The largest absolute Gasteiger partial charge is 0.489 e. The molecule has 150 valence electrons. The summed E-state index contributed by atoms with van der Waals surface area (Å²) in [5.41, 5.74) is 0.723. The Labute approximate surface area is 169 Å². The highest BCUT2D eigenvalue weighted by molar-refractivity contribution is 7.89. The SMILES string of the molecule is C[C@H](NS(=O)(=O)c1ccccc1)C(=O)NCc1cc(Cl)c2c(c1)OCCCO2. The standard InChI is InChI=1S/C19H21ClN2O5S/c1-13(22-28(24,25)15-6-3-2-4-7-15)19(23)21-12-14-10-16(20)18-17(11-14)26-8-5-9-27-18/h2-4,6-7,10-11,13,22H,5,8-9,12H2,1H3,(H,21,23)/t13-/m0/s1. The summed E-state index contributed by atoms with van der Waals surface area (Å²) in [6.45, 7) is 2.71. The lowest BCUT2D eigenvalue weighted by atomic mass is 10.2. The van der Waals surface area contributed by atoms with Crippen molar-refractivity contribution in [1.29, 1.82) is 0 Å². The fraction of sp³-hybridized carbons (Fsp3) is 0.316. The summed E-state index contributed by atoms with van der Waals surface area (Å²) in [7, 11) is -3.78. The van der Waals surface area contributed by atoms with Gasteiger partial charge in [-0.15, -0.1) is 0 Å². The van der Waals surface area contributed by atoms with Crippen LogP contribution in [0.25, 0.3) is 0 Å². The molecule has 3 rings (SSSR count). The Bertz CT molecular complexity index is 950. The van der Waals surface area contributed by atoms with E-state index >= 15 is 0 Å². The molecule has 7 nitrogen and oxygen atoms in total. The van der Waals surface area contributed by atoms with Crippen molar-refractivity contribution < 1.29 is 22.7 Å². The first kappa shape index (κ1) is 20.4. The number of ether oxygens (including phenoxy) is 2. The summed E-state index contributed by atoms with van der Waals surface area (Å²) in [5, 5.41) is 3.11. The lowest BCUT2D eigenvalue weighted by Crippen LogP contribution is -2.44. The summed E-state index contributed by atoms with van der Waals surface area (Å²) in [6.07, 6.45) is 0.760. The first-order valence-corrected chi connectivity index (χ1v) is 10.7. The van der Waals surface area contributed by atoms with E-state index in [1.165, 1.54) is 19.1 Å². The molecule has 0 spiro atoms. The van der Waals surface area contributed by atoms with Crippen molar-refractivity contribution in [3.8, 4) is 11.5 Å². The van der Waals surface area contributed by atoms with Crippen LogP contribution in [0.4, 0.5) is 0 Å². The number of nitrogens with one attached hydrogen (secondary N) is 2. The zero-order valence-corrected chi connectivity index (χ0v) is 16.8. The number of fused-ring (bicyclic) bond motifs is 1. The zero-order chi connectivity index (χ0) is 20.1. The van der Waals surface area contributed by atoms with Gasteiger partial charge in [-0.1, -0.05) is 29.8 Å². The van der Waals surface area contributed by atoms with Crippen LogP contribution in [0.1, 0.15) is 18.9 Å². The van der Waals surface area contributed by atoms with Crippen LogP contribution in [0.3, 0.4) is 0 Å². The van der Waals surface area contributed by atoms with Crippen molar-refractivity contribution in [2.45, 2.75) is 30.8 Å². The molecule has 1 atom stereocenters. The van der Waals surface area contributed by atoms with E-state index in [1.807, 2.05) is 0 Å². The van der Waals surface area contributed by atoms with E-state index in [9.17, 15) is 13.2 Å². The number of halogens is 1. The maximum absolute atomic E-state index is 12.3. The number of carbonyl (C=O) groups is 1. The number of hydrogen-bond acceptors (Lipinski definition) is 5. The van der Waals surface area contributed by atoms with Gasteiger partial charge in [-0.05, 0) is 36.8 Å². The second-order valence-corrected chi connectivity index (χ2v) is 8.45. The molecule has 0 saturated heterocycles. The average Bonchev–Trinajstić information content (AvgIpc) is 2.92. The average molecular weight is 425 g/mol. The molecule has 9 heteroatoms. The third-order valence-corrected chi connectivity index (χ3v) is 5.94. The number of rotatable bonds is 6. The van der Waals surface area contributed by atoms with Crippen molar-refractivity contribution in [2.24, 2.45) is 0 Å². The molecule has 2 aromatic rings. The molecule has 1 heterocycles. The number of sulfonamides is 1. The van der Waals surface area contributed by atoms with E-state index in [2.05, 4.69) is 10.0 Å². The third kappa shape index (κ3) is 4.95. The van der Waals surface area contributed by atoms with Crippen LogP contribution in [0.15, 0.2) is 47.4 Å². The second-order valence-electron chi connectivity index (χ2n) is 6.33. The molecule has 1 aliphatic heterocycles. The molecule has 1 aliphatic rings.